The Hall–Kier alpha value is -1.62. The second-order valence-corrected chi connectivity index (χ2v) is 4.78. The average molecular weight is 238 g/mol. The Labute approximate surface area is 101 Å². The number of aryl methyl sites for hydroxylation is 1. The summed E-state index contributed by atoms with van der Waals surface area (Å²) in [6.07, 6.45) is -0.530. The molecule has 0 fully saturated rings. The molecular weight excluding hydrogens is 220 g/mol. The van der Waals surface area contributed by atoms with Gasteiger partial charge in [-0.05, 0) is 39.8 Å². The molecule has 1 atom stereocenters. The molecule has 1 rings (SSSR count). The summed E-state index contributed by atoms with van der Waals surface area (Å²) < 4.78 is 0. The highest BCUT2D eigenvalue weighted by Crippen LogP contribution is 2.24. The highest BCUT2D eigenvalue weighted by molar-refractivity contribution is 5.54. The molecule has 5 nitrogen and oxygen atoms in total. The third-order valence-electron chi connectivity index (χ3n) is 2.90. The fourth-order valence-electron chi connectivity index (χ4n) is 1.41. The van der Waals surface area contributed by atoms with Crippen molar-refractivity contribution in [3.63, 3.8) is 0 Å². The van der Waals surface area contributed by atoms with E-state index in [4.69, 9.17) is 0 Å². The number of hydrogen-bond acceptors (Lipinski definition) is 4. The highest BCUT2D eigenvalue weighted by atomic mass is 16.6. The van der Waals surface area contributed by atoms with E-state index in [1.165, 1.54) is 6.07 Å². The van der Waals surface area contributed by atoms with E-state index in [0.29, 0.717) is 5.56 Å². The van der Waals surface area contributed by atoms with Crippen molar-refractivity contribution in [1.82, 2.24) is 0 Å². The largest absolute Gasteiger partial charge is 0.391 e. The Morgan fingerprint density at radius 1 is 1.47 bits per heavy atom. The summed E-state index contributed by atoms with van der Waals surface area (Å²) in [5.74, 6) is 0. The van der Waals surface area contributed by atoms with Crippen molar-refractivity contribution in [1.29, 1.82) is 0 Å². The zero-order valence-electron chi connectivity index (χ0n) is 10.5. The van der Waals surface area contributed by atoms with E-state index in [9.17, 15) is 15.2 Å². The summed E-state index contributed by atoms with van der Waals surface area (Å²) in [7, 11) is 0. The minimum absolute atomic E-state index is 0.102. The predicted octanol–water partition coefficient (Wildman–Crippen LogP) is 2.47. The van der Waals surface area contributed by atoms with Gasteiger partial charge in [0.05, 0.1) is 16.6 Å². The molecule has 1 aromatic carbocycles. The third-order valence-corrected chi connectivity index (χ3v) is 2.90. The molecule has 0 spiro atoms. The molecule has 94 valence electrons. The van der Waals surface area contributed by atoms with Crippen molar-refractivity contribution in [2.24, 2.45) is 0 Å². The maximum absolute atomic E-state index is 10.7. The van der Waals surface area contributed by atoms with Crippen molar-refractivity contribution in [3.8, 4) is 0 Å². The van der Waals surface area contributed by atoms with Gasteiger partial charge in [0.15, 0.2) is 0 Å². The molecule has 0 heterocycles. The minimum Gasteiger partial charge on any atom is -0.391 e. The van der Waals surface area contributed by atoms with Crippen LogP contribution in [-0.2, 0) is 0 Å². The molecule has 0 radical (unpaired) electrons. The van der Waals surface area contributed by atoms with Gasteiger partial charge in [0.2, 0.25) is 0 Å². The lowest BCUT2D eigenvalue weighted by atomic mass is 9.98. The van der Waals surface area contributed by atoms with Gasteiger partial charge in [-0.3, -0.25) is 10.1 Å². The van der Waals surface area contributed by atoms with Crippen LogP contribution in [0.15, 0.2) is 18.2 Å². The lowest BCUT2D eigenvalue weighted by molar-refractivity contribution is -0.385. The zero-order chi connectivity index (χ0) is 13.2. The Morgan fingerprint density at radius 2 is 2.06 bits per heavy atom. The van der Waals surface area contributed by atoms with Crippen molar-refractivity contribution in [2.75, 3.05) is 5.32 Å². The van der Waals surface area contributed by atoms with E-state index >= 15 is 0 Å². The summed E-state index contributed by atoms with van der Waals surface area (Å²) >= 11 is 0. The maximum atomic E-state index is 10.7. The average Bonchev–Trinajstić information content (AvgIpc) is 2.15. The number of anilines is 1. The molecule has 17 heavy (non-hydrogen) atoms. The first kappa shape index (κ1) is 13.4. The van der Waals surface area contributed by atoms with Crippen LogP contribution in [0, 0.1) is 17.0 Å². The van der Waals surface area contributed by atoms with Gasteiger partial charge in [-0.25, -0.2) is 0 Å². The molecule has 0 bridgehead atoms. The van der Waals surface area contributed by atoms with Crippen LogP contribution in [0.2, 0.25) is 0 Å². The molecule has 1 aromatic rings. The van der Waals surface area contributed by atoms with E-state index in [-0.39, 0.29) is 5.69 Å². The number of aliphatic hydroxyl groups is 1. The van der Waals surface area contributed by atoms with E-state index < -0.39 is 16.6 Å². The van der Waals surface area contributed by atoms with Gasteiger partial charge < -0.3 is 10.4 Å². The topological polar surface area (TPSA) is 75.4 Å². The number of nitro benzene ring substituents is 1. The fourth-order valence-corrected chi connectivity index (χ4v) is 1.41. The van der Waals surface area contributed by atoms with Crippen molar-refractivity contribution in [2.45, 2.75) is 39.3 Å². The van der Waals surface area contributed by atoms with Crippen molar-refractivity contribution >= 4 is 11.4 Å². The molecule has 1 unspecified atom stereocenters. The van der Waals surface area contributed by atoms with Gasteiger partial charge in [0, 0.05) is 17.3 Å². The van der Waals surface area contributed by atoms with Gasteiger partial charge in [0.1, 0.15) is 0 Å². The maximum Gasteiger partial charge on any atom is 0.272 e. The molecule has 0 aliphatic rings. The first-order valence-corrected chi connectivity index (χ1v) is 5.45. The quantitative estimate of drug-likeness (QED) is 0.624. The van der Waals surface area contributed by atoms with Crippen LogP contribution in [0.5, 0.6) is 0 Å². The molecule has 0 amide bonds. The molecule has 0 aliphatic heterocycles. The Bertz CT molecular complexity index is 428. The SMILES string of the molecule is Cc1cc(NC(C)(C)C(C)O)ccc1[N+](=O)[O-]. The monoisotopic (exact) mass is 238 g/mol. The summed E-state index contributed by atoms with van der Waals surface area (Å²) in [6, 6.07) is 4.83. The molecular formula is C12H18N2O3. The fraction of sp³-hybridized carbons (Fsp3) is 0.500. The normalized spacial score (nSPS) is 13.2. The number of benzene rings is 1. The Morgan fingerprint density at radius 3 is 2.47 bits per heavy atom. The molecule has 2 N–H and O–H groups in total. The van der Waals surface area contributed by atoms with Crippen LogP contribution in [0.1, 0.15) is 26.3 Å². The van der Waals surface area contributed by atoms with Gasteiger partial charge >= 0.3 is 0 Å². The number of rotatable bonds is 4. The van der Waals surface area contributed by atoms with Crippen molar-refractivity contribution in [3.05, 3.63) is 33.9 Å². The number of nitrogens with one attached hydrogen (secondary N) is 1. The van der Waals surface area contributed by atoms with E-state index in [0.717, 1.165) is 5.69 Å². The molecule has 5 heteroatoms. The van der Waals surface area contributed by atoms with Gasteiger partial charge in [0.25, 0.3) is 5.69 Å². The first-order chi connectivity index (χ1) is 7.74. The summed E-state index contributed by atoms with van der Waals surface area (Å²) in [5, 5.41) is 23.4. The van der Waals surface area contributed by atoms with Crippen LogP contribution in [0.3, 0.4) is 0 Å². The van der Waals surface area contributed by atoms with Crippen LogP contribution in [0.25, 0.3) is 0 Å². The van der Waals surface area contributed by atoms with Gasteiger partial charge in [-0.15, -0.1) is 0 Å². The lowest BCUT2D eigenvalue weighted by Gasteiger charge is -2.30. The Balaban J connectivity index is 2.96. The summed E-state index contributed by atoms with van der Waals surface area (Å²) in [6.45, 7) is 7.13. The highest BCUT2D eigenvalue weighted by Gasteiger charge is 2.24. The van der Waals surface area contributed by atoms with E-state index in [1.54, 1.807) is 26.0 Å². The molecule has 0 aliphatic carbocycles. The molecule has 0 saturated carbocycles. The molecule has 0 aromatic heterocycles. The second-order valence-electron chi connectivity index (χ2n) is 4.78. The lowest BCUT2D eigenvalue weighted by Crippen LogP contribution is -2.41. The van der Waals surface area contributed by atoms with Crippen LogP contribution < -0.4 is 5.32 Å². The third kappa shape index (κ3) is 3.17. The molecule has 0 saturated heterocycles. The van der Waals surface area contributed by atoms with E-state index in [2.05, 4.69) is 5.32 Å². The number of aliphatic hydroxyl groups excluding tert-OH is 1. The predicted molar refractivity (Wildman–Crippen MR) is 67.2 cm³/mol. The minimum atomic E-state index is -0.530. The van der Waals surface area contributed by atoms with Crippen LogP contribution >= 0.6 is 0 Å². The van der Waals surface area contributed by atoms with E-state index in [1.807, 2.05) is 13.8 Å². The number of nitro groups is 1. The number of nitrogens with zero attached hydrogens (tertiary/aromatic N) is 1. The summed E-state index contributed by atoms with van der Waals surface area (Å²) in [4.78, 5) is 10.3. The van der Waals surface area contributed by atoms with Gasteiger partial charge in [-0.2, -0.15) is 0 Å². The summed E-state index contributed by atoms with van der Waals surface area (Å²) in [5.41, 5.74) is 0.980. The van der Waals surface area contributed by atoms with Crippen molar-refractivity contribution < 1.29 is 10.0 Å². The van der Waals surface area contributed by atoms with Gasteiger partial charge in [-0.1, -0.05) is 0 Å². The number of hydrogen-bond donors (Lipinski definition) is 2. The smallest absolute Gasteiger partial charge is 0.272 e. The van der Waals surface area contributed by atoms with Crippen LogP contribution in [-0.4, -0.2) is 21.7 Å². The standard InChI is InChI=1S/C12H18N2O3/c1-8-7-10(5-6-11(8)14(16)17)13-12(3,4)9(2)15/h5-7,9,13,15H,1-4H3. The second kappa shape index (κ2) is 4.71. The zero-order valence-corrected chi connectivity index (χ0v) is 10.5. The first-order valence-electron chi connectivity index (χ1n) is 5.45. The van der Waals surface area contributed by atoms with Crippen LogP contribution in [0.4, 0.5) is 11.4 Å². The Kier molecular flexibility index (Phi) is 3.72.